The molecule has 0 aromatic heterocycles. The fraction of sp³-hybridized carbons (Fsp3) is 0.300. The van der Waals surface area contributed by atoms with Gasteiger partial charge in [0.1, 0.15) is 18.3 Å². The van der Waals surface area contributed by atoms with Crippen molar-refractivity contribution in [2.45, 2.75) is 33.0 Å². The number of hydrogen-bond donors (Lipinski definition) is 0. The van der Waals surface area contributed by atoms with Crippen molar-refractivity contribution in [3.63, 3.8) is 0 Å². The highest BCUT2D eigenvalue weighted by atomic mass is 79.9. The maximum atomic E-state index is 6.08. The largest absolute Gasteiger partial charge is 0.492 e. The van der Waals surface area contributed by atoms with Crippen LogP contribution in [0, 0.1) is 20.8 Å². The van der Waals surface area contributed by atoms with Crippen LogP contribution in [0.25, 0.3) is 0 Å². The molecular weight excluding hydrogens is 368 g/mol. The van der Waals surface area contributed by atoms with Crippen LogP contribution in [0.3, 0.4) is 0 Å². The molecule has 0 radical (unpaired) electrons. The minimum atomic E-state index is -0.348. The summed E-state index contributed by atoms with van der Waals surface area (Å²) >= 11 is 3.75. The molecule has 0 amide bonds. The lowest BCUT2D eigenvalue weighted by molar-refractivity contribution is -0.0246. The molecule has 0 aliphatic carbocycles. The van der Waals surface area contributed by atoms with E-state index in [-0.39, 0.29) is 12.2 Å². The van der Waals surface area contributed by atoms with Crippen molar-refractivity contribution in [3.8, 4) is 5.75 Å². The van der Waals surface area contributed by atoms with E-state index in [2.05, 4.69) is 54.9 Å². The number of benzene rings is 2. The van der Waals surface area contributed by atoms with E-state index in [1.807, 2.05) is 6.07 Å². The van der Waals surface area contributed by atoms with Crippen LogP contribution in [0.5, 0.6) is 5.75 Å². The zero-order valence-electron chi connectivity index (χ0n) is 13.9. The van der Waals surface area contributed by atoms with Gasteiger partial charge in [-0.3, -0.25) is 0 Å². The average molecular weight is 387 g/mol. The summed E-state index contributed by atoms with van der Waals surface area (Å²) in [5, 5.41) is 0. The zero-order chi connectivity index (χ0) is 16.8. The van der Waals surface area contributed by atoms with Crippen LogP contribution in [-0.2, 0) is 9.47 Å². The van der Waals surface area contributed by atoms with Gasteiger partial charge < -0.3 is 14.2 Å². The van der Waals surface area contributed by atoms with Gasteiger partial charge in [-0.05, 0) is 49.1 Å². The predicted molar refractivity (Wildman–Crippen MR) is 96.2 cm³/mol. The second kappa shape index (κ2) is 5.85. The average Bonchev–Trinajstić information content (AvgIpc) is 3.27. The highest BCUT2D eigenvalue weighted by Crippen LogP contribution is 2.46. The van der Waals surface area contributed by atoms with Crippen molar-refractivity contribution >= 4 is 15.9 Å². The third-order valence-electron chi connectivity index (χ3n) is 5.00. The van der Waals surface area contributed by atoms with Gasteiger partial charge in [-0.2, -0.15) is 0 Å². The van der Waals surface area contributed by atoms with Gasteiger partial charge >= 0.3 is 0 Å². The molecular formula is C20H19BrO3. The van der Waals surface area contributed by atoms with Gasteiger partial charge in [0.15, 0.2) is 0 Å². The number of fused-ring (bicyclic) bond motifs is 1. The lowest BCUT2D eigenvalue weighted by atomic mass is 9.87. The first-order chi connectivity index (χ1) is 11.6. The Morgan fingerprint density at radius 1 is 0.958 bits per heavy atom. The molecule has 3 nitrogen and oxygen atoms in total. The minimum absolute atomic E-state index is 0.227. The lowest BCUT2D eigenvalue weighted by Crippen LogP contribution is -2.06. The summed E-state index contributed by atoms with van der Waals surface area (Å²) in [5.74, 6) is 1.27. The summed E-state index contributed by atoms with van der Waals surface area (Å²) in [6, 6.07) is 8.39. The van der Waals surface area contributed by atoms with Gasteiger partial charge in [0.05, 0.1) is 6.61 Å². The van der Waals surface area contributed by atoms with Gasteiger partial charge in [0.25, 0.3) is 6.29 Å². The smallest absolute Gasteiger partial charge is 0.266 e. The molecule has 1 unspecified atom stereocenters. The first kappa shape index (κ1) is 15.6. The molecule has 0 N–H and O–H groups in total. The normalized spacial score (nSPS) is 18.9. The number of halogens is 1. The van der Waals surface area contributed by atoms with Crippen molar-refractivity contribution in [2.24, 2.45) is 0 Å². The number of hydrogen-bond acceptors (Lipinski definition) is 3. The molecule has 4 heteroatoms. The fourth-order valence-electron chi connectivity index (χ4n) is 3.54. The van der Waals surface area contributed by atoms with E-state index in [4.69, 9.17) is 14.2 Å². The Hall–Kier alpha value is -1.94. The third-order valence-corrected chi connectivity index (χ3v) is 6.19. The van der Waals surface area contributed by atoms with Crippen LogP contribution in [-0.4, -0.2) is 6.61 Å². The van der Waals surface area contributed by atoms with Crippen LogP contribution in [0.1, 0.15) is 45.6 Å². The maximum absolute atomic E-state index is 6.08. The van der Waals surface area contributed by atoms with Crippen molar-refractivity contribution < 1.29 is 14.2 Å². The van der Waals surface area contributed by atoms with Crippen molar-refractivity contribution in [1.29, 1.82) is 0 Å². The van der Waals surface area contributed by atoms with Gasteiger partial charge in [-0.25, -0.2) is 0 Å². The Labute approximate surface area is 150 Å². The molecule has 1 atom stereocenters. The molecule has 2 aromatic rings. The summed E-state index contributed by atoms with van der Waals surface area (Å²) in [6.07, 6.45) is 2.82. The van der Waals surface area contributed by atoms with E-state index < -0.39 is 0 Å². The molecule has 2 heterocycles. The Morgan fingerprint density at radius 2 is 1.67 bits per heavy atom. The zero-order valence-corrected chi connectivity index (χ0v) is 15.5. The number of ether oxygens (including phenoxy) is 3. The summed E-state index contributed by atoms with van der Waals surface area (Å²) in [6.45, 7) is 7.09. The van der Waals surface area contributed by atoms with Crippen LogP contribution in [0.4, 0.5) is 0 Å². The standard InChI is InChI=1S/C20H19BrO3/c1-11-12(2)19-17(13(3)18(11)21)16(10-24-19)14-5-4-6-15(9-14)20-22-7-8-23-20/h4-9,16,20H,10H2,1-3H3. The first-order valence-electron chi connectivity index (χ1n) is 8.05. The van der Waals surface area contributed by atoms with Gasteiger partial charge in [0.2, 0.25) is 0 Å². The minimum Gasteiger partial charge on any atom is -0.492 e. The molecule has 2 aliphatic heterocycles. The molecule has 0 saturated carbocycles. The Morgan fingerprint density at radius 3 is 2.42 bits per heavy atom. The molecule has 124 valence electrons. The quantitative estimate of drug-likeness (QED) is 0.689. The van der Waals surface area contributed by atoms with E-state index in [0.717, 1.165) is 11.3 Å². The van der Waals surface area contributed by atoms with E-state index >= 15 is 0 Å². The van der Waals surface area contributed by atoms with Crippen LogP contribution < -0.4 is 4.74 Å². The maximum Gasteiger partial charge on any atom is 0.266 e. The molecule has 0 bridgehead atoms. The Bertz CT molecular complexity index is 833. The fourth-order valence-corrected chi connectivity index (χ4v) is 4.05. The lowest BCUT2D eigenvalue weighted by Gasteiger charge is -2.18. The monoisotopic (exact) mass is 386 g/mol. The second-order valence-corrected chi connectivity index (χ2v) is 7.13. The molecule has 0 spiro atoms. The SMILES string of the molecule is Cc1c(C)c2c(c(C)c1Br)C(c1cccc(C3OC=CO3)c1)CO2. The Kier molecular flexibility index (Phi) is 3.80. The summed E-state index contributed by atoms with van der Waals surface area (Å²) in [7, 11) is 0. The van der Waals surface area contributed by atoms with Crippen LogP contribution in [0.15, 0.2) is 41.3 Å². The Balaban J connectivity index is 1.78. The number of rotatable bonds is 2. The third kappa shape index (κ3) is 2.32. The topological polar surface area (TPSA) is 27.7 Å². The molecule has 4 rings (SSSR count). The molecule has 0 fully saturated rings. The van der Waals surface area contributed by atoms with Crippen molar-refractivity contribution in [3.05, 3.63) is 74.6 Å². The van der Waals surface area contributed by atoms with E-state index in [1.54, 1.807) is 12.5 Å². The second-order valence-electron chi connectivity index (χ2n) is 6.34. The van der Waals surface area contributed by atoms with Gasteiger partial charge in [-0.1, -0.05) is 34.1 Å². The first-order valence-corrected chi connectivity index (χ1v) is 8.85. The van der Waals surface area contributed by atoms with Crippen molar-refractivity contribution in [1.82, 2.24) is 0 Å². The van der Waals surface area contributed by atoms with Crippen LogP contribution >= 0.6 is 15.9 Å². The van der Waals surface area contributed by atoms with E-state index in [9.17, 15) is 0 Å². The molecule has 2 aliphatic rings. The summed E-state index contributed by atoms with van der Waals surface area (Å²) in [5.41, 5.74) is 7.26. The van der Waals surface area contributed by atoms with E-state index in [0.29, 0.717) is 6.61 Å². The van der Waals surface area contributed by atoms with Crippen molar-refractivity contribution in [2.75, 3.05) is 6.61 Å². The molecule has 0 saturated heterocycles. The molecule has 2 aromatic carbocycles. The van der Waals surface area contributed by atoms with Gasteiger partial charge in [0, 0.05) is 21.5 Å². The highest BCUT2D eigenvalue weighted by molar-refractivity contribution is 9.10. The summed E-state index contributed by atoms with van der Waals surface area (Å²) in [4.78, 5) is 0. The highest BCUT2D eigenvalue weighted by Gasteiger charge is 2.31. The van der Waals surface area contributed by atoms with Crippen LogP contribution in [0.2, 0.25) is 0 Å². The van der Waals surface area contributed by atoms with Gasteiger partial charge in [-0.15, -0.1) is 0 Å². The van der Waals surface area contributed by atoms with E-state index in [1.165, 1.54) is 32.3 Å². The molecule has 24 heavy (non-hydrogen) atoms. The summed E-state index contributed by atoms with van der Waals surface area (Å²) < 4.78 is 18.2. The predicted octanol–water partition coefficient (Wildman–Crippen LogP) is 5.42.